The Morgan fingerprint density at radius 1 is 1.24 bits per heavy atom. The van der Waals surface area contributed by atoms with Crippen LogP contribution in [0.2, 0.25) is 0 Å². The van der Waals surface area contributed by atoms with E-state index in [1.54, 1.807) is 13.0 Å². The summed E-state index contributed by atoms with van der Waals surface area (Å²) in [7, 11) is 0. The van der Waals surface area contributed by atoms with Gasteiger partial charge in [-0.2, -0.15) is 0 Å². The smallest absolute Gasteiger partial charge is 0.129 e. The number of unbranched alkanes of at least 4 members (excludes halogenated alkanes) is 2. The van der Waals surface area contributed by atoms with Crippen LogP contribution in [0.25, 0.3) is 0 Å². The van der Waals surface area contributed by atoms with Crippen LogP contribution in [0.3, 0.4) is 0 Å². The van der Waals surface area contributed by atoms with Crippen molar-refractivity contribution >= 4 is 5.78 Å². The Balaban J connectivity index is 2.38. The Morgan fingerprint density at radius 3 is 2.65 bits per heavy atom. The first kappa shape index (κ1) is 13.8. The van der Waals surface area contributed by atoms with E-state index < -0.39 is 0 Å². The van der Waals surface area contributed by atoms with Gasteiger partial charge in [0.05, 0.1) is 0 Å². The average Bonchev–Trinajstić information content (AvgIpc) is 2.30. The van der Waals surface area contributed by atoms with Gasteiger partial charge in [-0.1, -0.05) is 25.5 Å². The van der Waals surface area contributed by atoms with Gasteiger partial charge in [0.2, 0.25) is 0 Å². The maximum absolute atomic E-state index is 10.8. The third-order valence-corrected chi connectivity index (χ3v) is 3.03. The van der Waals surface area contributed by atoms with Crippen LogP contribution < -0.4 is 0 Å². The summed E-state index contributed by atoms with van der Waals surface area (Å²) >= 11 is 0. The molecule has 0 amide bonds. The molecule has 0 heterocycles. The second kappa shape index (κ2) is 7.10. The van der Waals surface area contributed by atoms with E-state index in [2.05, 4.69) is 13.0 Å². The molecule has 2 nitrogen and oxygen atoms in total. The number of phenols is 1. The number of Topliss-reactive ketones (excluding diaryl/α,β-unsaturated/α-hetero) is 1. The van der Waals surface area contributed by atoms with E-state index in [1.165, 1.54) is 5.56 Å². The van der Waals surface area contributed by atoms with Crippen molar-refractivity contribution in [3.05, 3.63) is 29.3 Å². The van der Waals surface area contributed by atoms with Crippen molar-refractivity contribution in [2.75, 3.05) is 0 Å². The van der Waals surface area contributed by atoms with Gasteiger partial charge in [0.25, 0.3) is 0 Å². The molecule has 17 heavy (non-hydrogen) atoms. The topological polar surface area (TPSA) is 37.3 Å². The summed E-state index contributed by atoms with van der Waals surface area (Å²) in [6.45, 7) is 3.75. The van der Waals surface area contributed by atoms with Gasteiger partial charge in [0.15, 0.2) is 0 Å². The average molecular weight is 234 g/mol. The van der Waals surface area contributed by atoms with Crippen LogP contribution in [-0.4, -0.2) is 10.9 Å². The number of carbonyl (C=O) groups excluding carboxylic acids is 1. The summed E-state index contributed by atoms with van der Waals surface area (Å²) in [5, 5.41) is 9.72. The lowest BCUT2D eigenvalue weighted by Gasteiger charge is -2.06. The molecular weight excluding hydrogens is 212 g/mol. The zero-order valence-electron chi connectivity index (χ0n) is 10.8. The lowest BCUT2D eigenvalue weighted by Crippen LogP contribution is -1.92. The maximum atomic E-state index is 10.8. The zero-order chi connectivity index (χ0) is 12.7. The Morgan fingerprint density at radius 2 is 2.00 bits per heavy atom. The van der Waals surface area contributed by atoms with Crippen LogP contribution in [-0.2, 0) is 17.6 Å². The number of aryl methyl sites for hydroxylation is 2. The van der Waals surface area contributed by atoms with E-state index in [0.29, 0.717) is 12.2 Å². The Bertz CT molecular complexity index is 369. The van der Waals surface area contributed by atoms with Crippen molar-refractivity contribution < 1.29 is 9.90 Å². The largest absolute Gasteiger partial charge is 0.508 e. The summed E-state index contributed by atoms with van der Waals surface area (Å²) < 4.78 is 0. The van der Waals surface area contributed by atoms with Crippen molar-refractivity contribution in [1.82, 2.24) is 0 Å². The fourth-order valence-electron chi connectivity index (χ4n) is 1.93. The number of carbonyl (C=O) groups is 1. The molecule has 0 spiro atoms. The fraction of sp³-hybridized carbons (Fsp3) is 0.533. The van der Waals surface area contributed by atoms with Gasteiger partial charge in [-0.15, -0.1) is 0 Å². The molecule has 0 aliphatic carbocycles. The van der Waals surface area contributed by atoms with Gasteiger partial charge in [0, 0.05) is 6.42 Å². The first-order valence-electron chi connectivity index (χ1n) is 6.43. The van der Waals surface area contributed by atoms with E-state index in [1.807, 2.05) is 6.07 Å². The molecule has 0 atom stereocenters. The Labute approximate surface area is 104 Å². The SMILES string of the molecule is CCc1ccc(O)c(CCCCCC(C)=O)c1. The molecule has 94 valence electrons. The molecule has 0 radical (unpaired) electrons. The van der Waals surface area contributed by atoms with Crippen molar-refractivity contribution in [2.45, 2.75) is 52.4 Å². The molecular formula is C15H22O2. The van der Waals surface area contributed by atoms with Crippen molar-refractivity contribution in [2.24, 2.45) is 0 Å². The minimum Gasteiger partial charge on any atom is -0.508 e. The van der Waals surface area contributed by atoms with Crippen LogP contribution in [0.5, 0.6) is 5.75 Å². The highest BCUT2D eigenvalue weighted by atomic mass is 16.3. The predicted molar refractivity (Wildman–Crippen MR) is 70.3 cm³/mol. The molecule has 2 heteroatoms. The number of ketones is 1. The van der Waals surface area contributed by atoms with Crippen LogP contribution >= 0.6 is 0 Å². The Kier molecular flexibility index (Phi) is 5.75. The standard InChI is InChI=1S/C15H22O2/c1-3-13-9-10-15(17)14(11-13)8-6-4-5-7-12(2)16/h9-11,17H,3-8H2,1-2H3. The van der Waals surface area contributed by atoms with Crippen LogP contribution in [0, 0.1) is 0 Å². The van der Waals surface area contributed by atoms with Crippen LogP contribution in [0.4, 0.5) is 0 Å². The molecule has 0 fully saturated rings. The summed E-state index contributed by atoms with van der Waals surface area (Å²) in [6, 6.07) is 5.83. The molecule has 1 aromatic rings. The second-order valence-corrected chi connectivity index (χ2v) is 4.58. The molecule has 1 aromatic carbocycles. The molecule has 0 saturated heterocycles. The Hall–Kier alpha value is -1.31. The number of phenolic OH excluding ortho intramolecular Hbond substituents is 1. The molecule has 1 rings (SSSR count). The van der Waals surface area contributed by atoms with E-state index >= 15 is 0 Å². The number of benzene rings is 1. The predicted octanol–water partition coefficient (Wildman–Crippen LogP) is 3.65. The summed E-state index contributed by atoms with van der Waals surface area (Å²) in [5.74, 6) is 0.662. The first-order valence-corrected chi connectivity index (χ1v) is 6.43. The first-order chi connectivity index (χ1) is 8.13. The second-order valence-electron chi connectivity index (χ2n) is 4.58. The van der Waals surface area contributed by atoms with E-state index in [4.69, 9.17) is 0 Å². The highest BCUT2D eigenvalue weighted by Gasteiger charge is 2.02. The normalized spacial score (nSPS) is 10.5. The lowest BCUT2D eigenvalue weighted by atomic mass is 10.0. The quantitative estimate of drug-likeness (QED) is 0.731. The third kappa shape index (κ3) is 5.03. The molecule has 1 N–H and O–H groups in total. The summed E-state index contributed by atoms with van der Waals surface area (Å²) in [4.78, 5) is 10.8. The molecule has 0 aliphatic heterocycles. The summed E-state index contributed by atoms with van der Waals surface area (Å²) in [6.07, 6.45) is 5.63. The number of hydrogen-bond acceptors (Lipinski definition) is 2. The van der Waals surface area contributed by atoms with Gasteiger partial charge < -0.3 is 9.90 Å². The number of hydrogen-bond donors (Lipinski definition) is 1. The monoisotopic (exact) mass is 234 g/mol. The lowest BCUT2D eigenvalue weighted by molar-refractivity contribution is -0.117. The summed E-state index contributed by atoms with van der Waals surface area (Å²) in [5.41, 5.74) is 2.30. The van der Waals surface area contributed by atoms with E-state index in [0.717, 1.165) is 37.7 Å². The maximum Gasteiger partial charge on any atom is 0.129 e. The number of rotatable bonds is 7. The van der Waals surface area contributed by atoms with E-state index in [-0.39, 0.29) is 5.78 Å². The van der Waals surface area contributed by atoms with Crippen LogP contribution in [0.1, 0.15) is 50.7 Å². The van der Waals surface area contributed by atoms with Gasteiger partial charge in [-0.3, -0.25) is 0 Å². The molecule has 0 bridgehead atoms. The van der Waals surface area contributed by atoms with Crippen LogP contribution in [0.15, 0.2) is 18.2 Å². The number of aromatic hydroxyl groups is 1. The minimum atomic E-state index is 0.265. The third-order valence-electron chi connectivity index (χ3n) is 3.03. The van der Waals surface area contributed by atoms with Gasteiger partial charge in [0.1, 0.15) is 11.5 Å². The van der Waals surface area contributed by atoms with Crippen molar-refractivity contribution in [1.29, 1.82) is 0 Å². The van der Waals surface area contributed by atoms with E-state index in [9.17, 15) is 9.90 Å². The molecule has 0 aliphatic rings. The fourth-order valence-corrected chi connectivity index (χ4v) is 1.93. The zero-order valence-corrected chi connectivity index (χ0v) is 10.8. The molecule has 0 aromatic heterocycles. The van der Waals surface area contributed by atoms with Gasteiger partial charge in [-0.25, -0.2) is 0 Å². The highest BCUT2D eigenvalue weighted by molar-refractivity contribution is 5.75. The van der Waals surface area contributed by atoms with Crippen molar-refractivity contribution in [3.63, 3.8) is 0 Å². The van der Waals surface area contributed by atoms with Crippen molar-refractivity contribution in [3.8, 4) is 5.75 Å². The highest BCUT2D eigenvalue weighted by Crippen LogP contribution is 2.21. The van der Waals surface area contributed by atoms with Gasteiger partial charge in [-0.05, 0) is 49.8 Å². The molecule has 0 unspecified atom stereocenters. The van der Waals surface area contributed by atoms with Gasteiger partial charge >= 0.3 is 0 Å². The molecule has 0 saturated carbocycles. The minimum absolute atomic E-state index is 0.265.